The van der Waals surface area contributed by atoms with Gasteiger partial charge in [0.25, 0.3) is 5.69 Å². The van der Waals surface area contributed by atoms with Gasteiger partial charge in [-0.2, -0.15) is 0 Å². The number of fused-ring (bicyclic) bond motifs is 1. The van der Waals surface area contributed by atoms with E-state index in [0.29, 0.717) is 39.7 Å². The molecule has 0 aromatic heterocycles. The SMILES string of the molecule is COC(=O)c1c([C@H]2O[C@@H]2c2c(CCNS(=O)(=O)c3ccc([N+](=O)[O-])cc3)cc3c(c2OC)OCO3)ccc(OC)c1OC. The van der Waals surface area contributed by atoms with Gasteiger partial charge in [0.05, 0.1) is 38.3 Å². The topological polar surface area (TPSA) is 174 Å². The molecular weight excluding hydrogens is 588 g/mol. The number of nitrogens with zero attached hydrogens (tertiary/aromatic N) is 1. The van der Waals surface area contributed by atoms with E-state index in [-0.39, 0.29) is 41.7 Å². The van der Waals surface area contributed by atoms with E-state index in [0.717, 1.165) is 12.1 Å². The summed E-state index contributed by atoms with van der Waals surface area (Å²) in [6.07, 6.45) is -1.03. The Morgan fingerprint density at radius 1 is 1.00 bits per heavy atom. The van der Waals surface area contributed by atoms with Crippen molar-refractivity contribution in [1.29, 1.82) is 0 Å². The lowest BCUT2D eigenvalue weighted by Crippen LogP contribution is -2.26. The highest BCUT2D eigenvalue weighted by Crippen LogP contribution is 2.59. The highest BCUT2D eigenvalue weighted by molar-refractivity contribution is 7.89. The molecule has 0 unspecified atom stereocenters. The predicted octanol–water partition coefficient (Wildman–Crippen LogP) is 3.47. The molecule has 0 aliphatic carbocycles. The number of nitro benzene ring substituents is 1. The van der Waals surface area contributed by atoms with Crippen molar-refractivity contribution in [2.75, 3.05) is 41.8 Å². The van der Waals surface area contributed by atoms with Gasteiger partial charge in [-0.1, -0.05) is 6.07 Å². The first-order valence-electron chi connectivity index (χ1n) is 12.9. The minimum atomic E-state index is -3.97. The van der Waals surface area contributed by atoms with Crippen LogP contribution in [0.15, 0.2) is 47.4 Å². The number of carbonyl (C=O) groups is 1. The molecule has 228 valence electrons. The van der Waals surface area contributed by atoms with Gasteiger partial charge >= 0.3 is 5.97 Å². The fraction of sp³-hybridized carbons (Fsp3) is 0.321. The number of hydrogen-bond donors (Lipinski definition) is 1. The summed E-state index contributed by atoms with van der Waals surface area (Å²) in [6, 6.07) is 9.66. The number of benzene rings is 3. The Hall–Kier alpha value is -4.60. The third-order valence-corrected chi connectivity index (χ3v) is 8.52. The average Bonchev–Trinajstić information content (AvgIpc) is 3.65. The van der Waals surface area contributed by atoms with Crippen LogP contribution in [0.5, 0.6) is 28.7 Å². The van der Waals surface area contributed by atoms with Crippen molar-refractivity contribution in [1.82, 2.24) is 4.72 Å². The molecule has 43 heavy (non-hydrogen) atoms. The van der Waals surface area contributed by atoms with Crippen LogP contribution in [0, 0.1) is 10.1 Å². The number of hydrogen-bond acceptors (Lipinski definition) is 12. The van der Waals surface area contributed by atoms with Gasteiger partial charge in [0.15, 0.2) is 23.0 Å². The van der Waals surface area contributed by atoms with Gasteiger partial charge in [-0.05, 0) is 36.2 Å². The van der Waals surface area contributed by atoms with Crippen LogP contribution in [-0.4, -0.2) is 61.1 Å². The van der Waals surface area contributed by atoms with Crippen molar-refractivity contribution < 1.29 is 51.3 Å². The fourth-order valence-electron chi connectivity index (χ4n) is 5.01. The molecule has 0 bridgehead atoms. The van der Waals surface area contributed by atoms with E-state index in [1.807, 2.05) is 0 Å². The van der Waals surface area contributed by atoms with Crippen molar-refractivity contribution in [3.05, 3.63) is 74.8 Å². The summed E-state index contributed by atoms with van der Waals surface area (Å²) in [7, 11) is 1.62. The first-order valence-corrected chi connectivity index (χ1v) is 14.4. The standard InChI is InChI=1S/C28H28N2O12S/c1-36-19-10-9-18(22(24(19)37-2)28(31)39-4)23-27(42-23)21-15(13-20-25(26(21)38-3)41-14-40-20)11-12-29-43(34,35)17-7-5-16(6-8-17)30(32)33/h5-10,13,23,27,29H,11-12,14H2,1-4H3/t23-,27-/m1/s1. The number of esters is 1. The van der Waals surface area contributed by atoms with Crippen LogP contribution in [0.4, 0.5) is 5.69 Å². The van der Waals surface area contributed by atoms with Crippen LogP contribution in [0.25, 0.3) is 0 Å². The summed E-state index contributed by atoms with van der Waals surface area (Å²) < 4.78 is 67.2. The molecule has 15 heteroatoms. The number of epoxide rings is 1. The molecule has 0 amide bonds. The molecule has 1 N–H and O–H groups in total. The van der Waals surface area contributed by atoms with Gasteiger partial charge < -0.3 is 33.2 Å². The number of methoxy groups -OCH3 is 4. The number of ether oxygens (including phenoxy) is 7. The van der Waals surface area contributed by atoms with E-state index in [4.69, 9.17) is 33.2 Å². The number of nitro groups is 1. The van der Waals surface area contributed by atoms with E-state index in [9.17, 15) is 23.3 Å². The second kappa shape index (κ2) is 11.9. The second-order valence-corrected chi connectivity index (χ2v) is 11.1. The van der Waals surface area contributed by atoms with Crippen molar-refractivity contribution in [2.24, 2.45) is 0 Å². The third kappa shape index (κ3) is 5.61. The first-order chi connectivity index (χ1) is 20.6. The highest BCUT2D eigenvalue weighted by atomic mass is 32.2. The monoisotopic (exact) mass is 616 g/mol. The van der Waals surface area contributed by atoms with Crippen molar-refractivity contribution in [3.8, 4) is 28.7 Å². The summed E-state index contributed by atoms with van der Waals surface area (Å²) >= 11 is 0. The van der Waals surface area contributed by atoms with Gasteiger partial charge in [0, 0.05) is 29.8 Å². The summed E-state index contributed by atoms with van der Waals surface area (Å²) in [4.78, 5) is 23.0. The van der Waals surface area contributed by atoms with Crippen LogP contribution in [0.3, 0.4) is 0 Å². The first kappa shape index (κ1) is 29.9. The van der Waals surface area contributed by atoms with Gasteiger partial charge in [-0.25, -0.2) is 17.9 Å². The van der Waals surface area contributed by atoms with Gasteiger partial charge in [-0.3, -0.25) is 10.1 Å². The molecule has 2 atom stereocenters. The zero-order valence-electron chi connectivity index (χ0n) is 23.6. The lowest BCUT2D eigenvalue weighted by molar-refractivity contribution is -0.384. The molecule has 3 aromatic rings. The zero-order chi connectivity index (χ0) is 30.9. The Kier molecular flexibility index (Phi) is 8.30. The van der Waals surface area contributed by atoms with Gasteiger partial charge in [-0.15, -0.1) is 0 Å². The number of sulfonamides is 1. The minimum absolute atomic E-state index is 0.0293. The number of carbonyl (C=O) groups excluding carboxylic acids is 1. The largest absolute Gasteiger partial charge is 0.493 e. The molecule has 1 fully saturated rings. The molecule has 0 radical (unpaired) electrons. The second-order valence-electron chi connectivity index (χ2n) is 9.35. The molecule has 1 saturated heterocycles. The molecule has 14 nitrogen and oxygen atoms in total. The summed E-state index contributed by atoms with van der Waals surface area (Å²) in [6.45, 7) is -0.0608. The van der Waals surface area contributed by atoms with E-state index in [1.165, 1.54) is 40.6 Å². The number of nitrogens with one attached hydrogen (secondary N) is 1. The van der Waals surface area contributed by atoms with Gasteiger partial charge in [0.2, 0.25) is 22.6 Å². The van der Waals surface area contributed by atoms with Crippen LogP contribution in [0.2, 0.25) is 0 Å². The Morgan fingerprint density at radius 3 is 2.35 bits per heavy atom. The van der Waals surface area contributed by atoms with Gasteiger partial charge in [0.1, 0.15) is 17.8 Å². The molecule has 2 aliphatic heterocycles. The summed E-state index contributed by atoms with van der Waals surface area (Å²) in [5.41, 5.74) is 1.67. The molecule has 0 saturated carbocycles. The maximum atomic E-state index is 12.9. The molecular formula is C28H28N2O12S. The Morgan fingerprint density at radius 2 is 1.72 bits per heavy atom. The van der Waals surface area contributed by atoms with Crippen LogP contribution >= 0.6 is 0 Å². The van der Waals surface area contributed by atoms with Crippen molar-refractivity contribution in [3.63, 3.8) is 0 Å². The van der Waals surface area contributed by atoms with Crippen molar-refractivity contribution in [2.45, 2.75) is 23.5 Å². The molecule has 5 rings (SSSR count). The maximum absolute atomic E-state index is 12.9. The fourth-order valence-corrected chi connectivity index (χ4v) is 6.04. The number of rotatable bonds is 12. The lowest BCUT2D eigenvalue weighted by Gasteiger charge is -2.17. The van der Waals surface area contributed by atoms with E-state index >= 15 is 0 Å². The molecule has 2 aliphatic rings. The third-order valence-electron chi connectivity index (χ3n) is 7.04. The smallest absolute Gasteiger partial charge is 0.342 e. The Bertz CT molecular complexity index is 1670. The quantitative estimate of drug-likeness (QED) is 0.136. The average molecular weight is 617 g/mol. The minimum Gasteiger partial charge on any atom is -0.493 e. The van der Waals surface area contributed by atoms with Crippen LogP contribution in [-0.2, 0) is 25.9 Å². The zero-order valence-corrected chi connectivity index (χ0v) is 24.4. The molecule has 2 heterocycles. The van der Waals surface area contributed by atoms with E-state index in [1.54, 1.807) is 18.2 Å². The maximum Gasteiger partial charge on any atom is 0.342 e. The number of non-ortho nitro benzene ring substituents is 1. The summed E-state index contributed by atoms with van der Waals surface area (Å²) in [5.74, 6) is 1.05. The van der Waals surface area contributed by atoms with Crippen molar-refractivity contribution >= 4 is 21.7 Å². The molecule has 3 aromatic carbocycles. The van der Waals surface area contributed by atoms with E-state index < -0.39 is 33.1 Å². The van der Waals surface area contributed by atoms with E-state index in [2.05, 4.69) is 4.72 Å². The normalized spacial score (nSPS) is 16.8. The van der Waals surface area contributed by atoms with Crippen LogP contribution in [0.1, 0.15) is 39.3 Å². The predicted molar refractivity (Wildman–Crippen MR) is 149 cm³/mol. The Labute approximate surface area is 246 Å². The highest BCUT2D eigenvalue weighted by Gasteiger charge is 2.48. The molecule has 0 spiro atoms. The Balaban J connectivity index is 1.46. The lowest BCUT2D eigenvalue weighted by atomic mass is 9.93. The summed E-state index contributed by atoms with van der Waals surface area (Å²) in [5, 5.41) is 10.9. The van der Waals surface area contributed by atoms with Crippen LogP contribution < -0.4 is 28.4 Å².